The van der Waals surface area contributed by atoms with Gasteiger partial charge in [0.1, 0.15) is 0 Å². The lowest BCUT2D eigenvalue weighted by atomic mass is 10.2. The number of nitrogens with one attached hydrogen (secondary N) is 1. The zero-order valence-electron chi connectivity index (χ0n) is 10.7. The van der Waals surface area contributed by atoms with Gasteiger partial charge in [0.05, 0.1) is 13.2 Å². The maximum atomic E-state index is 11.6. The minimum atomic E-state index is -0.227. The zero-order valence-corrected chi connectivity index (χ0v) is 10.7. The Hall–Kier alpha value is -1.62. The Bertz CT molecular complexity index is 380. The first kappa shape index (κ1) is 13.4. The lowest BCUT2D eigenvalue weighted by Gasteiger charge is -2.18. The highest BCUT2D eigenvalue weighted by Crippen LogP contribution is 2.13. The van der Waals surface area contributed by atoms with E-state index in [0.29, 0.717) is 12.4 Å². The molecule has 17 heavy (non-hydrogen) atoms. The number of likely N-dealkylation sites (N-methyl/N-ethyl adjacent to an activating group) is 1. The second-order valence-electron chi connectivity index (χ2n) is 4.01. The van der Waals surface area contributed by atoms with Crippen LogP contribution in [0, 0.1) is 0 Å². The van der Waals surface area contributed by atoms with Crippen LogP contribution >= 0.6 is 0 Å². The molecule has 0 radical (unpaired) electrons. The van der Waals surface area contributed by atoms with Gasteiger partial charge in [-0.15, -0.1) is 0 Å². The largest absolute Gasteiger partial charge is 0.481 e. The highest BCUT2D eigenvalue weighted by atomic mass is 16.5. The summed E-state index contributed by atoms with van der Waals surface area (Å²) in [4.78, 5) is 17.3. The maximum Gasteiger partial charge on any atom is 0.238 e. The van der Waals surface area contributed by atoms with Crippen molar-refractivity contribution >= 4 is 5.91 Å². The second-order valence-corrected chi connectivity index (χ2v) is 4.01. The Morgan fingerprint density at radius 3 is 2.88 bits per heavy atom. The monoisotopic (exact) mass is 237 g/mol. The normalized spacial score (nSPS) is 12.0. The molecule has 0 aliphatic rings. The third-order valence-corrected chi connectivity index (χ3v) is 2.45. The SMILES string of the molecule is COc1ncccc1CNC(C)C(=O)N(C)C. The molecule has 0 aliphatic carbocycles. The van der Waals surface area contributed by atoms with Crippen LogP contribution in [-0.4, -0.2) is 43.0 Å². The highest BCUT2D eigenvalue weighted by molar-refractivity contribution is 5.80. The van der Waals surface area contributed by atoms with Crippen molar-refractivity contribution in [1.29, 1.82) is 0 Å². The Morgan fingerprint density at radius 1 is 1.59 bits per heavy atom. The van der Waals surface area contributed by atoms with E-state index < -0.39 is 0 Å². The van der Waals surface area contributed by atoms with Gasteiger partial charge in [-0.2, -0.15) is 0 Å². The molecular weight excluding hydrogens is 218 g/mol. The van der Waals surface area contributed by atoms with Crippen molar-refractivity contribution in [3.63, 3.8) is 0 Å². The predicted octanol–water partition coefficient (Wildman–Crippen LogP) is 0.656. The van der Waals surface area contributed by atoms with E-state index in [1.54, 1.807) is 32.3 Å². The number of carbonyl (C=O) groups is 1. The molecule has 0 aliphatic heterocycles. The van der Waals surface area contributed by atoms with Crippen LogP contribution in [0.25, 0.3) is 0 Å². The molecule has 5 heteroatoms. The molecule has 0 fully saturated rings. The smallest absolute Gasteiger partial charge is 0.238 e. The molecule has 0 saturated heterocycles. The Balaban J connectivity index is 2.58. The topological polar surface area (TPSA) is 54.5 Å². The average molecular weight is 237 g/mol. The summed E-state index contributed by atoms with van der Waals surface area (Å²) in [7, 11) is 5.07. The van der Waals surface area contributed by atoms with E-state index >= 15 is 0 Å². The number of nitrogens with zero attached hydrogens (tertiary/aromatic N) is 2. The van der Waals surface area contributed by atoms with Gasteiger partial charge in [0.25, 0.3) is 0 Å². The predicted molar refractivity (Wildman–Crippen MR) is 65.8 cm³/mol. The molecule has 1 aromatic heterocycles. The minimum Gasteiger partial charge on any atom is -0.481 e. The van der Waals surface area contributed by atoms with E-state index in [1.807, 2.05) is 19.1 Å². The Kier molecular flexibility index (Phi) is 4.90. The number of hydrogen-bond donors (Lipinski definition) is 1. The summed E-state index contributed by atoms with van der Waals surface area (Å²) in [6.45, 7) is 2.39. The molecule has 5 nitrogen and oxygen atoms in total. The third kappa shape index (κ3) is 3.71. The van der Waals surface area contributed by atoms with E-state index in [1.165, 1.54) is 0 Å². The number of methoxy groups -OCH3 is 1. The number of carbonyl (C=O) groups excluding carboxylic acids is 1. The van der Waals surface area contributed by atoms with E-state index in [9.17, 15) is 4.79 Å². The molecule has 94 valence electrons. The van der Waals surface area contributed by atoms with Crippen molar-refractivity contribution in [1.82, 2.24) is 15.2 Å². The molecule has 1 amide bonds. The maximum absolute atomic E-state index is 11.6. The molecule has 1 aromatic rings. The van der Waals surface area contributed by atoms with Gasteiger partial charge in [-0.25, -0.2) is 4.98 Å². The van der Waals surface area contributed by atoms with E-state index in [-0.39, 0.29) is 11.9 Å². The third-order valence-electron chi connectivity index (χ3n) is 2.45. The van der Waals surface area contributed by atoms with Gasteiger partial charge in [0.2, 0.25) is 11.8 Å². The van der Waals surface area contributed by atoms with Crippen LogP contribution in [0.15, 0.2) is 18.3 Å². The molecular formula is C12H19N3O2. The van der Waals surface area contributed by atoms with Crippen LogP contribution in [-0.2, 0) is 11.3 Å². The van der Waals surface area contributed by atoms with Crippen LogP contribution in [0.4, 0.5) is 0 Å². The van der Waals surface area contributed by atoms with Gasteiger partial charge in [-0.05, 0) is 13.0 Å². The van der Waals surface area contributed by atoms with Crippen LogP contribution in [0.3, 0.4) is 0 Å². The summed E-state index contributed by atoms with van der Waals surface area (Å²) in [5.41, 5.74) is 0.938. The standard InChI is InChI=1S/C12H19N3O2/c1-9(12(16)15(2)3)14-8-10-6-5-7-13-11(10)17-4/h5-7,9,14H,8H2,1-4H3. The molecule has 1 atom stereocenters. The fourth-order valence-electron chi connectivity index (χ4n) is 1.48. The van der Waals surface area contributed by atoms with Crippen LogP contribution in [0.1, 0.15) is 12.5 Å². The van der Waals surface area contributed by atoms with E-state index in [2.05, 4.69) is 10.3 Å². The number of ether oxygens (including phenoxy) is 1. The minimum absolute atomic E-state index is 0.0489. The molecule has 0 saturated carbocycles. The molecule has 0 spiro atoms. The molecule has 1 rings (SSSR count). The summed E-state index contributed by atoms with van der Waals surface area (Å²) in [5, 5.41) is 3.14. The zero-order chi connectivity index (χ0) is 12.8. The molecule has 0 bridgehead atoms. The number of pyridine rings is 1. The van der Waals surface area contributed by atoms with Crippen molar-refractivity contribution in [3.8, 4) is 5.88 Å². The number of hydrogen-bond acceptors (Lipinski definition) is 4. The number of aromatic nitrogens is 1. The van der Waals surface area contributed by atoms with Crippen LogP contribution < -0.4 is 10.1 Å². The lowest BCUT2D eigenvalue weighted by molar-refractivity contribution is -0.130. The first-order valence-electron chi connectivity index (χ1n) is 5.48. The Morgan fingerprint density at radius 2 is 2.29 bits per heavy atom. The summed E-state index contributed by atoms with van der Waals surface area (Å²) >= 11 is 0. The fourth-order valence-corrected chi connectivity index (χ4v) is 1.48. The lowest BCUT2D eigenvalue weighted by Crippen LogP contribution is -2.41. The van der Waals surface area contributed by atoms with Crippen molar-refractivity contribution in [2.45, 2.75) is 19.5 Å². The summed E-state index contributed by atoms with van der Waals surface area (Å²) in [5.74, 6) is 0.636. The van der Waals surface area contributed by atoms with Gasteiger partial charge in [0, 0.05) is 32.4 Å². The van der Waals surface area contributed by atoms with Gasteiger partial charge in [-0.3, -0.25) is 4.79 Å². The summed E-state index contributed by atoms with van der Waals surface area (Å²) in [6, 6.07) is 3.54. The van der Waals surface area contributed by atoms with Gasteiger partial charge >= 0.3 is 0 Å². The first-order chi connectivity index (χ1) is 8.06. The molecule has 1 heterocycles. The van der Waals surface area contributed by atoms with Crippen molar-refractivity contribution in [2.24, 2.45) is 0 Å². The average Bonchev–Trinajstić information content (AvgIpc) is 2.35. The molecule has 1 N–H and O–H groups in total. The first-order valence-corrected chi connectivity index (χ1v) is 5.48. The van der Waals surface area contributed by atoms with Crippen molar-refractivity contribution in [3.05, 3.63) is 23.9 Å². The van der Waals surface area contributed by atoms with E-state index in [4.69, 9.17) is 4.74 Å². The molecule has 0 aromatic carbocycles. The molecule has 1 unspecified atom stereocenters. The van der Waals surface area contributed by atoms with E-state index in [0.717, 1.165) is 5.56 Å². The van der Waals surface area contributed by atoms with Crippen LogP contribution in [0.5, 0.6) is 5.88 Å². The summed E-state index contributed by atoms with van der Waals surface area (Å²) < 4.78 is 5.14. The van der Waals surface area contributed by atoms with Gasteiger partial charge in [0.15, 0.2) is 0 Å². The fraction of sp³-hybridized carbons (Fsp3) is 0.500. The van der Waals surface area contributed by atoms with Gasteiger partial charge < -0.3 is 15.0 Å². The number of rotatable bonds is 5. The second kappa shape index (κ2) is 6.20. The van der Waals surface area contributed by atoms with Gasteiger partial charge in [-0.1, -0.05) is 6.07 Å². The van der Waals surface area contributed by atoms with Crippen LogP contribution in [0.2, 0.25) is 0 Å². The van der Waals surface area contributed by atoms with Crippen molar-refractivity contribution in [2.75, 3.05) is 21.2 Å². The highest BCUT2D eigenvalue weighted by Gasteiger charge is 2.14. The number of amides is 1. The van der Waals surface area contributed by atoms with Crippen molar-refractivity contribution < 1.29 is 9.53 Å². The Labute approximate surface area is 102 Å². The quantitative estimate of drug-likeness (QED) is 0.817. The summed E-state index contributed by atoms with van der Waals surface area (Å²) in [6.07, 6.45) is 1.68.